The zero-order chi connectivity index (χ0) is 11.1. The van der Waals surface area contributed by atoms with Crippen molar-refractivity contribution in [2.45, 2.75) is 6.42 Å². The molecule has 1 N–H and O–H groups in total. The van der Waals surface area contributed by atoms with Gasteiger partial charge in [0.1, 0.15) is 5.69 Å². The molecule has 0 amide bonds. The van der Waals surface area contributed by atoms with Gasteiger partial charge in [0.25, 0.3) is 0 Å². The van der Waals surface area contributed by atoms with Crippen molar-refractivity contribution in [2.24, 2.45) is 0 Å². The van der Waals surface area contributed by atoms with Gasteiger partial charge in [-0.2, -0.15) is 0 Å². The summed E-state index contributed by atoms with van der Waals surface area (Å²) in [4.78, 5) is 0. The SMILES string of the molecule is Clc1cccc(-c2noc3c2CCN3)c1Cl. The van der Waals surface area contributed by atoms with Crippen molar-refractivity contribution in [2.75, 3.05) is 11.9 Å². The van der Waals surface area contributed by atoms with Crippen molar-refractivity contribution < 1.29 is 4.52 Å². The Morgan fingerprint density at radius 2 is 2.19 bits per heavy atom. The molecule has 0 atom stereocenters. The first kappa shape index (κ1) is 10.00. The van der Waals surface area contributed by atoms with E-state index in [9.17, 15) is 0 Å². The van der Waals surface area contributed by atoms with Gasteiger partial charge in [-0.3, -0.25) is 0 Å². The minimum atomic E-state index is 0.521. The van der Waals surface area contributed by atoms with E-state index >= 15 is 0 Å². The summed E-state index contributed by atoms with van der Waals surface area (Å²) in [5.74, 6) is 0.742. The van der Waals surface area contributed by atoms with Gasteiger partial charge in [-0.25, -0.2) is 0 Å². The van der Waals surface area contributed by atoms with Crippen molar-refractivity contribution in [1.29, 1.82) is 0 Å². The van der Waals surface area contributed by atoms with Crippen molar-refractivity contribution in [1.82, 2.24) is 5.16 Å². The van der Waals surface area contributed by atoms with Crippen molar-refractivity contribution >= 4 is 29.1 Å². The van der Waals surface area contributed by atoms with Gasteiger partial charge in [0.2, 0.25) is 5.88 Å². The van der Waals surface area contributed by atoms with E-state index in [2.05, 4.69) is 10.5 Å². The summed E-state index contributed by atoms with van der Waals surface area (Å²) in [7, 11) is 0. The van der Waals surface area contributed by atoms with E-state index in [-0.39, 0.29) is 0 Å². The van der Waals surface area contributed by atoms with Crippen LogP contribution in [-0.2, 0) is 6.42 Å². The topological polar surface area (TPSA) is 38.1 Å². The third kappa shape index (κ3) is 1.39. The lowest BCUT2D eigenvalue weighted by molar-refractivity contribution is 0.436. The first-order valence-corrected chi connectivity index (χ1v) is 5.70. The standard InChI is InChI=1S/C11H8Cl2N2O/c12-8-3-1-2-6(9(8)13)10-7-4-5-14-11(7)16-15-10/h1-3,14H,4-5H2. The van der Waals surface area contributed by atoms with Gasteiger partial charge in [0.15, 0.2) is 0 Å². The van der Waals surface area contributed by atoms with Crippen LogP contribution in [0.25, 0.3) is 11.3 Å². The highest BCUT2D eigenvalue weighted by atomic mass is 35.5. The second kappa shape index (κ2) is 3.68. The lowest BCUT2D eigenvalue weighted by atomic mass is 10.1. The van der Waals surface area contributed by atoms with E-state index in [4.69, 9.17) is 27.7 Å². The fraction of sp³-hybridized carbons (Fsp3) is 0.182. The molecular weight excluding hydrogens is 247 g/mol. The monoisotopic (exact) mass is 254 g/mol. The zero-order valence-electron chi connectivity index (χ0n) is 8.26. The number of anilines is 1. The normalized spacial score (nSPS) is 13.6. The lowest BCUT2D eigenvalue weighted by Crippen LogP contribution is -1.92. The van der Waals surface area contributed by atoms with Crippen LogP contribution in [-0.4, -0.2) is 11.7 Å². The van der Waals surface area contributed by atoms with Crippen LogP contribution in [0.15, 0.2) is 22.7 Å². The zero-order valence-corrected chi connectivity index (χ0v) is 9.77. The summed E-state index contributed by atoms with van der Waals surface area (Å²) < 4.78 is 5.19. The maximum absolute atomic E-state index is 6.15. The van der Waals surface area contributed by atoms with Crippen LogP contribution in [0.3, 0.4) is 0 Å². The van der Waals surface area contributed by atoms with Crippen LogP contribution in [0, 0.1) is 0 Å². The number of hydrogen-bond donors (Lipinski definition) is 1. The number of fused-ring (bicyclic) bond motifs is 1. The first-order chi connectivity index (χ1) is 7.77. The summed E-state index contributed by atoms with van der Waals surface area (Å²) in [6.07, 6.45) is 0.900. The average Bonchev–Trinajstić information content (AvgIpc) is 2.84. The fourth-order valence-corrected chi connectivity index (χ4v) is 2.27. The summed E-state index contributed by atoms with van der Waals surface area (Å²) in [6.45, 7) is 0.877. The Bertz CT molecular complexity index is 551. The third-order valence-corrected chi connectivity index (χ3v) is 3.47. The van der Waals surface area contributed by atoms with E-state index in [1.807, 2.05) is 12.1 Å². The van der Waals surface area contributed by atoms with Gasteiger partial charge in [-0.15, -0.1) is 0 Å². The van der Waals surface area contributed by atoms with Gasteiger partial charge in [0.05, 0.1) is 10.0 Å². The first-order valence-electron chi connectivity index (χ1n) is 4.94. The lowest BCUT2D eigenvalue weighted by Gasteiger charge is -2.02. The second-order valence-electron chi connectivity index (χ2n) is 3.62. The second-order valence-corrected chi connectivity index (χ2v) is 4.40. The Morgan fingerprint density at radius 3 is 3.06 bits per heavy atom. The molecule has 5 heteroatoms. The van der Waals surface area contributed by atoms with E-state index in [1.165, 1.54) is 0 Å². The number of aromatic nitrogens is 1. The van der Waals surface area contributed by atoms with E-state index in [0.717, 1.165) is 35.7 Å². The molecule has 0 radical (unpaired) electrons. The molecular formula is C11H8Cl2N2O. The number of nitrogens with zero attached hydrogens (tertiary/aromatic N) is 1. The molecule has 0 unspecified atom stereocenters. The average molecular weight is 255 g/mol. The van der Waals surface area contributed by atoms with Crippen LogP contribution >= 0.6 is 23.2 Å². The summed E-state index contributed by atoms with van der Waals surface area (Å²) >= 11 is 12.1. The molecule has 1 aliphatic heterocycles. The molecule has 0 fully saturated rings. The molecule has 16 heavy (non-hydrogen) atoms. The minimum Gasteiger partial charge on any atom is -0.353 e. The van der Waals surface area contributed by atoms with Crippen molar-refractivity contribution in [3.05, 3.63) is 33.8 Å². The number of rotatable bonds is 1. The van der Waals surface area contributed by atoms with Crippen LogP contribution in [0.1, 0.15) is 5.56 Å². The maximum Gasteiger partial charge on any atom is 0.228 e. The van der Waals surface area contributed by atoms with Crippen molar-refractivity contribution in [3.63, 3.8) is 0 Å². The Kier molecular flexibility index (Phi) is 2.30. The van der Waals surface area contributed by atoms with Crippen LogP contribution < -0.4 is 5.32 Å². The van der Waals surface area contributed by atoms with Crippen LogP contribution in [0.5, 0.6) is 0 Å². The Hall–Kier alpha value is -1.19. The quantitative estimate of drug-likeness (QED) is 0.845. The molecule has 1 aliphatic rings. The van der Waals surface area contributed by atoms with Crippen LogP contribution in [0.2, 0.25) is 10.0 Å². The smallest absolute Gasteiger partial charge is 0.228 e. The Labute approximate surface area is 102 Å². The predicted molar refractivity (Wildman–Crippen MR) is 64.2 cm³/mol. The number of nitrogens with one attached hydrogen (secondary N) is 1. The van der Waals surface area contributed by atoms with Crippen molar-refractivity contribution in [3.8, 4) is 11.3 Å². The van der Waals surface area contributed by atoms with Gasteiger partial charge in [-0.05, 0) is 12.5 Å². The molecule has 3 rings (SSSR count). The number of halogens is 2. The molecule has 82 valence electrons. The fourth-order valence-electron chi connectivity index (χ4n) is 1.88. The molecule has 0 spiro atoms. The van der Waals surface area contributed by atoms with Gasteiger partial charge in [0, 0.05) is 17.7 Å². The van der Waals surface area contributed by atoms with Gasteiger partial charge < -0.3 is 9.84 Å². The number of hydrogen-bond acceptors (Lipinski definition) is 3. The molecule has 2 heterocycles. The largest absolute Gasteiger partial charge is 0.353 e. The van der Waals surface area contributed by atoms with E-state index in [1.54, 1.807) is 6.07 Å². The summed E-state index contributed by atoms with van der Waals surface area (Å²) in [5, 5.41) is 8.20. The third-order valence-electron chi connectivity index (χ3n) is 2.66. The van der Waals surface area contributed by atoms with Gasteiger partial charge in [-0.1, -0.05) is 40.5 Å². The van der Waals surface area contributed by atoms with Gasteiger partial charge >= 0.3 is 0 Å². The van der Waals surface area contributed by atoms with E-state index < -0.39 is 0 Å². The number of benzene rings is 1. The summed E-state index contributed by atoms with van der Waals surface area (Å²) in [6, 6.07) is 5.50. The molecule has 0 bridgehead atoms. The summed E-state index contributed by atoms with van der Waals surface area (Å²) in [5.41, 5.74) is 2.68. The Morgan fingerprint density at radius 1 is 1.31 bits per heavy atom. The molecule has 0 saturated carbocycles. The predicted octanol–water partition coefficient (Wildman–Crippen LogP) is 3.62. The molecule has 1 aromatic heterocycles. The highest BCUT2D eigenvalue weighted by molar-refractivity contribution is 6.43. The van der Waals surface area contributed by atoms with E-state index in [0.29, 0.717) is 10.0 Å². The highest BCUT2D eigenvalue weighted by Gasteiger charge is 2.23. The molecule has 0 aliphatic carbocycles. The van der Waals surface area contributed by atoms with Crippen LogP contribution in [0.4, 0.5) is 5.88 Å². The maximum atomic E-state index is 6.15. The highest BCUT2D eigenvalue weighted by Crippen LogP contribution is 2.38. The molecule has 1 aromatic carbocycles. The molecule has 3 nitrogen and oxygen atoms in total. The molecule has 2 aromatic rings. The minimum absolute atomic E-state index is 0.521. The Balaban J connectivity index is 2.19. The molecule has 0 saturated heterocycles.